The van der Waals surface area contributed by atoms with Gasteiger partial charge in [0.05, 0.1) is 18.5 Å². The maximum Gasteiger partial charge on any atom is 0.162 e. The van der Waals surface area contributed by atoms with Gasteiger partial charge in [0.1, 0.15) is 10.4 Å². The van der Waals surface area contributed by atoms with Crippen molar-refractivity contribution in [2.75, 3.05) is 24.2 Å². The summed E-state index contributed by atoms with van der Waals surface area (Å²) in [6.07, 6.45) is 1.69. The normalized spacial score (nSPS) is 11.0. The van der Waals surface area contributed by atoms with Crippen molar-refractivity contribution in [3.05, 3.63) is 46.2 Å². The Hall–Kier alpha value is -1.76. The average molecular weight is 382 g/mol. The maximum atomic E-state index is 9.05. The summed E-state index contributed by atoms with van der Waals surface area (Å²) >= 11 is 9.76. The minimum Gasteiger partial charge on any atom is -0.395 e. The topological polar surface area (TPSA) is 75.6 Å². The fraction of sp³-hybridized carbons (Fsp3) is 0.133. The van der Waals surface area contributed by atoms with Crippen LogP contribution in [0.4, 0.5) is 11.5 Å². The number of imidazole rings is 1. The Morgan fingerprint density at radius 3 is 2.82 bits per heavy atom. The van der Waals surface area contributed by atoms with Crippen molar-refractivity contribution in [1.82, 2.24) is 9.38 Å². The van der Waals surface area contributed by atoms with Crippen LogP contribution in [0.2, 0.25) is 5.02 Å². The second-order valence-corrected chi connectivity index (χ2v) is 5.95. The SMILES string of the molecule is Nc1c(-c2ccccc2Cl)cc(NCCO)c2ncc(Br)n12. The highest BCUT2D eigenvalue weighted by molar-refractivity contribution is 9.10. The Morgan fingerprint density at radius 2 is 2.09 bits per heavy atom. The van der Waals surface area contributed by atoms with Crippen LogP contribution in [0.5, 0.6) is 0 Å². The number of benzene rings is 1. The first-order chi connectivity index (χ1) is 10.6. The fourth-order valence-corrected chi connectivity index (χ4v) is 3.07. The standard InChI is InChI=1S/C15H14BrClN4O/c16-13-8-20-15-12(19-5-6-22)7-10(14(18)21(13)15)9-3-1-2-4-11(9)17/h1-4,7-8,19,22H,5-6,18H2. The molecule has 1 aromatic carbocycles. The summed E-state index contributed by atoms with van der Waals surface area (Å²) in [5.41, 5.74) is 9.44. The lowest BCUT2D eigenvalue weighted by Gasteiger charge is -2.15. The molecule has 0 unspecified atom stereocenters. The quantitative estimate of drug-likeness (QED) is 0.647. The zero-order valence-corrected chi connectivity index (χ0v) is 13.9. The molecule has 114 valence electrons. The Kier molecular flexibility index (Phi) is 4.24. The molecule has 22 heavy (non-hydrogen) atoms. The van der Waals surface area contributed by atoms with E-state index in [0.29, 0.717) is 23.0 Å². The van der Waals surface area contributed by atoms with Gasteiger partial charge in [-0.3, -0.25) is 4.40 Å². The third-order valence-corrected chi connectivity index (χ3v) is 4.25. The summed E-state index contributed by atoms with van der Waals surface area (Å²) in [5, 5.41) is 12.8. The van der Waals surface area contributed by atoms with Crippen LogP contribution in [-0.2, 0) is 0 Å². The first-order valence-electron chi connectivity index (χ1n) is 6.68. The number of nitrogens with zero attached hydrogens (tertiary/aromatic N) is 2. The largest absolute Gasteiger partial charge is 0.395 e. The predicted octanol–water partition coefficient (Wildman–Crippen LogP) is 3.40. The van der Waals surface area contributed by atoms with E-state index in [1.165, 1.54) is 0 Å². The van der Waals surface area contributed by atoms with Crippen molar-refractivity contribution >= 4 is 44.7 Å². The summed E-state index contributed by atoms with van der Waals surface area (Å²) in [4.78, 5) is 4.35. The maximum absolute atomic E-state index is 9.05. The van der Waals surface area contributed by atoms with Crippen LogP contribution in [0.1, 0.15) is 0 Å². The molecule has 2 aromatic heterocycles. The molecule has 7 heteroatoms. The van der Waals surface area contributed by atoms with Gasteiger partial charge in [-0.05, 0) is 28.1 Å². The summed E-state index contributed by atoms with van der Waals surface area (Å²) in [5.74, 6) is 0.544. The molecule has 0 atom stereocenters. The van der Waals surface area contributed by atoms with E-state index in [1.54, 1.807) is 10.6 Å². The summed E-state index contributed by atoms with van der Waals surface area (Å²) in [6, 6.07) is 9.43. The Morgan fingerprint density at radius 1 is 1.32 bits per heavy atom. The number of fused-ring (bicyclic) bond motifs is 1. The molecule has 5 nitrogen and oxygen atoms in total. The van der Waals surface area contributed by atoms with Crippen LogP contribution in [0.15, 0.2) is 41.1 Å². The highest BCUT2D eigenvalue weighted by Crippen LogP contribution is 2.36. The van der Waals surface area contributed by atoms with E-state index < -0.39 is 0 Å². The number of aliphatic hydroxyl groups is 1. The number of rotatable bonds is 4. The summed E-state index contributed by atoms with van der Waals surface area (Å²) in [6.45, 7) is 0.450. The molecule has 0 bridgehead atoms. The molecule has 3 rings (SSSR count). The lowest BCUT2D eigenvalue weighted by atomic mass is 10.1. The van der Waals surface area contributed by atoms with E-state index >= 15 is 0 Å². The Balaban J connectivity index is 2.28. The van der Waals surface area contributed by atoms with Gasteiger partial charge in [0.25, 0.3) is 0 Å². The number of aromatic nitrogens is 2. The number of nitrogens with one attached hydrogen (secondary N) is 1. The minimum atomic E-state index is 0.0276. The van der Waals surface area contributed by atoms with Gasteiger partial charge in [-0.2, -0.15) is 0 Å². The number of hydrogen-bond acceptors (Lipinski definition) is 4. The van der Waals surface area contributed by atoms with Crippen molar-refractivity contribution in [1.29, 1.82) is 0 Å². The number of nitrogens with two attached hydrogens (primary N) is 1. The predicted molar refractivity (Wildman–Crippen MR) is 93.3 cm³/mol. The molecule has 0 amide bonds. The van der Waals surface area contributed by atoms with E-state index in [0.717, 1.165) is 21.4 Å². The van der Waals surface area contributed by atoms with Gasteiger partial charge >= 0.3 is 0 Å². The molecule has 4 N–H and O–H groups in total. The minimum absolute atomic E-state index is 0.0276. The average Bonchev–Trinajstić information content (AvgIpc) is 2.90. The molecule has 0 saturated carbocycles. The van der Waals surface area contributed by atoms with Crippen LogP contribution < -0.4 is 11.1 Å². The van der Waals surface area contributed by atoms with E-state index in [-0.39, 0.29) is 6.61 Å². The highest BCUT2D eigenvalue weighted by atomic mass is 79.9. The van der Waals surface area contributed by atoms with Crippen LogP contribution in [0.3, 0.4) is 0 Å². The summed E-state index contributed by atoms with van der Waals surface area (Å²) in [7, 11) is 0. The third-order valence-electron chi connectivity index (χ3n) is 3.36. The van der Waals surface area contributed by atoms with Gasteiger partial charge in [0, 0.05) is 22.7 Å². The van der Waals surface area contributed by atoms with Crippen molar-refractivity contribution in [3.63, 3.8) is 0 Å². The van der Waals surface area contributed by atoms with Crippen molar-refractivity contribution in [3.8, 4) is 11.1 Å². The van der Waals surface area contributed by atoms with E-state index in [2.05, 4.69) is 26.2 Å². The molecule has 0 saturated heterocycles. The fourth-order valence-electron chi connectivity index (χ4n) is 2.37. The molecule has 0 aliphatic carbocycles. The second kappa shape index (κ2) is 6.16. The molecule has 0 radical (unpaired) electrons. The van der Waals surface area contributed by atoms with Crippen molar-refractivity contribution in [2.24, 2.45) is 0 Å². The molecule has 3 aromatic rings. The number of nitrogen functional groups attached to an aromatic ring is 1. The van der Waals surface area contributed by atoms with Gasteiger partial charge in [0.2, 0.25) is 0 Å². The number of hydrogen-bond donors (Lipinski definition) is 3. The molecule has 0 fully saturated rings. The van der Waals surface area contributed by atoms with Crippen LogP contribution in [-0.4, -0.2) is 27.6 Å². The first kappa shape index (κ1) is 15.1. The van der Waals surface area contributed by atoms with Crippen LogP contribution >= 0.6 is 27.5 Å². The molecule has 0 aliphatic rings. The monoisotopic (exact) mass is 380 g/mol. The first-order valence-corrected chi connectivity index (χ1v) is 7.85. The van der Waals surface area contributed by atoms with E-state index in [9.17, 15) is 0 Å². The molecular formula is C15H14BrClN4O. The second-order valence-electron chi connectivity index (χ2n) is 4.73. The number of halogens is 2. The number of aliphatic hydroxyl groups excluding tert-OH is 1. The van der Waals surface area contributed by atoms with Gasteiger partial charge in [-0.25, -0.2) is 4.98 Å². The Labute approximate surface area is 140 Å². The van der Waals surface area contributed by atoms with Crippen LogP contribution in [0.25, 0.3) is 16.8 Å². The van der Waals surface area contributed by atoms with Crippen molar-refractivity contribution in [2.45, 2.75) is 0 Å². The summed E-state index contributed by atoms with van der Waals surface area (Å²) < 4.78 is 2.55. The van der Waals surface area contributed by atoms with Crippen molar-refractivity contribution < 1.29 is 5.11 Å². The molecular weight excluding hydrogens is 368 g/mol. The molecule has 0 aliphatic heterocycles. The zero-order valence-electron chi connectivity index (χ0n) is 11.6. The number of pyridine rings is 1. The number of anilines is 2. The van der Waals surface area contributed by atoms with E-state index in [4.69, 9.17) is 22.4 Å². The smallest absolute Gasteiger partial charge is 0.162 e. The lowest BCUT2D eigenvalue weighted by molar-refractivity contribution is 0.311. The third kappa shape index (κ3) is 2.54. The van der Waals surface area contributed by atoms with E-state index in [1.807, 2.05) is 30.3 Å². The molecule has 0 spiro atoms. The molecule has 2 heterocycles. The van der Waals surface area contributed by atoms with Gasteiger partial charge < -0.3 is 16.2 Å². The van der Waals surface area contributed by atoms with Gasteiger partial charge in [-0.1, -0.05) is 29.8 Å². The lowest BCUT2D eigenvalue weighted by Crippen LogP contribution is -2.09. The Bertz CT molecular complexity index is 834. The van der Waals surface area contributed by atoms with Gasteiger partial charge in [-0.15, -0.1) is 0 Å². The van der Waals surface area contributed by atoms with Gasteiger partial charge in [0.15, 0.2) is 5.65 Å². The zero-order chi connectivity index (χ0) is 15.7. The highest BCUT2D eigenvalue weighted by Gasteiger charge is 2.16. The van der Waals surface area contributed by atoms with Crippen LogP contribution in [0, 0.1) is 0 Å².